The standard InChI is InChI=1S/C25H39ClN2O2.C25H33N3O2.C25H40N2O2.C22H29N3O2.C22H36N2O2/c26-20-8-7-19-13-22(25(30)18-5-6-18)24(21(19)14-20)27-23(29)15-28-11-9-17(10-12-28)16-3-1-2-4-16;29-23(16-28-12-9-18(10-13-28)17-4-2-1-3-5-17)27-24-21(25(30)19-6-7-19)14-20-8-11-26-15-22(20)24;28-22(17-27-14-12-25(13-15-27)10-4-1-5-11-25)26-23-20-7-3-2-6-19(20)16-21(23)24(29)18-8-9-18;1-15(26)19-12-18-6-9-23-13-20(18)22(19)24-21(27)14-25-10-7-17(8-11-25)16-4-2-3-5-16;1-22(2)10-5-11-24(14-22)13-19(25)23-20-17-7-4-3-6-16(17)12-18(20)21(26)15-8-9-15/h16-22,24H,1-15H2,(H,27,29);8,11,14-15,17-19,26H,1-7,9-10,12-13,16H2,(H,27,29);18-21,23H,1-17H2,(H,26,28);6,9,12-13,16-17,23H,2-5,7-8,10-11,14H2,1H3,(H,24,27);15-18,20H,3-14H2,1-2H3,(H,23,25). The number of aromatic amines is 2. The van der Waals surface area contributed by atoms with Crippen molar-refractivity contribution in [2.75, 3.05) is 109 Å². The summed E-state index contributed by atoms with van der Waals surface area (Å²) in [6.07, 6.45) is 69.7. The van der Waals surface area contributed by atoms with E-state index in [9.17, 15) is 47.9 Å². The van der Waals surface area contributed by atoms with Gasteiger partial charge in [-0.05, 0) is 363 Å². The molecular weight excluding hydrogens is 1790 g/mol. The maximum Gasteiger partial charge on any atom is 0.238 e. The zero-order valence-corrected chi connectivity index (χ0v) is 87.8. The van der Waals surface area contributed by atoms with Crippen molar-refractivity contribution in [3.05, 3.63) is 60.2 Å². The minimum atomic E-state index is -0.0341. The molecular formula is C119H177ClN12O10. The number of H-pyrrole nitrogens is 2. The van der Waals surface area contributed by atoms with Gasteiger partial charge in [0.2, 0.25) is 29.5 Å². The van der Waals surface area contributed by atoms with Gasteiger partial charge >= 0.3 is 0 Å². The number of rotatable bonds is 27. The third-order valence-electron chi connectivity index (χ3n) is 39.9. The first-order chi connectivity index (χ1) is 68.9. The van der Waals surface area contributed by atoms with E-state index in [4.69, 9.17) is 11.6 Å². The lowest BCUT2D eigenvalue weighted by Gasteiger charge is -2.44. The van der Waals surface area contributed by atoms with Crippen LogP contribution in [0.3, 0.4) is 0 Å². The second-order valence-electron chi connectivity index (χ2n) is 50.4. The lowest BCUT2D eigenvalue weighted by Crippen LogP contribution is -2.50. The van der Waals surface area contributed by atoms with Gasteiger partial charge in [0.1, 0.15) is 17.3 Å². The van der Waals surface area contributed by atoms with E-state index in [0.717, 1.165) is 213 Å². The van der Waals surface area contributed by atoms with E-state index in [2.05, 4.69) is 74.9 Å². The molecule has 13 atom stereocenters. The predicted molar refractivity (Wildman–Crippen MR) is 562 cm³/mol. The largest absolute Gasteiger partial charge is 0.367 e. The number of amides is 5. The van der Waals surface area contributed by atoms with E-state index in [1.54, 1.807) is 6.92 Å². The summed E-state index contributed by atoms with van der Waals surface area (Å²) < 4.78 is 0. The Balaban J connectivity index is 0.000000113. The summed E-state index contributed by atoms with van der Waals surface area (Å²) in [5, 5.41) is 16.4. The smallest absolute Gasteiger partial charge is 0.238 e. The Morgan fingerprint density at radius 1 is 0.338 bits per heavy atom. The van der Waals surface area contributed by atoms with Crippen LogP contribution in [0.1, 0.15) is 363 Å². The van der Waals surface area contributed by atoms with Gasteiger partial charge in [0.05, 0.1) is 44.1 Å². The van der Waals surface area contributed by atoms with Crippen LogP contribution in [-0.4, -0.2) is 215 Å². The fraction of sp³-hybridized carbons (Fsp3) is 0.782. The van der Waals surface area contributed by atoms with E-state index in [1.807, 2.05) is 49.1 Å². The number of alkyl halides is 1. The monoisotopic (exact) mass is 1970 g/mol. The number of anilines is 2. The molecule has 0 aromatic heterocycles. The summed E-state index contributed by atoms with van der Waals surface area (Å²) in [7, 11) is 0. The fourth-order valence-electron chi connectivity index (χ4n) is 31.3. The van der Waals surface area contributed by atoms with Gasteiger partial charge in [-0.25, -0.2) is 0 Å². The van der Waals surface area contributed by atoms with Crippen LogP contribution < -0.4 is 26.6 Å². The summed E-state index contributed by atoms with van der Waals surface area (Å²) in [4.78, 5) is 146. The van der Waals surface area contributed by atoms with Crippen LogP contribution in [0, 0.1) is 123 Å². The number of hydrogen-bond acceptors (Lipinski definition) is 15. The number of halogens is 1. The number of pyridine rings is 2. The van der Waals surface area contributed by atoms with Crippen LogP contribution in [0.15, 0.2) is 49.1 Å². The first kappa shape index (κ1) is 104. The molecule has 0 radical (unpaired) electrons. The average Bonchev–Trinajstić information content (AvgIpc) is 1.63. The summed E-state index contributed by atoms with van der Waals surface area (Å²) in [5.41, 5.74) is 7.27. The van der Waals surface area contributed by atoms with Gasteiger partial charge in [-0.15, -0.1) is 11.6 Å². The topological polar surface area (TPSA) is 279 Å². The van der Waals surface area contributed by atoms with Crippen LogP contribution in [-0.2, 0) is 38.4 Å². The van der Waals surface area contributed by atoms with Gasteiger partial charge in [-0.3, -0.25) is 72.4 Å². The molecule has 780 valence electrons. The van der Waals surface area contributed by atoms with Crippen molar-refractivity contribution in [3.63, 3.8) is 0 Å². The number of nitrogens with one attached hydrogen (secondary N) is 7. The summed E-state index contributed by atoms with van der Waals surface area (Å²) in [5.74, 6) is 11.9. The predicted octanol–water partition coefficient (Wildman–Crippen LogP) is 21.2. The Kier molecular flexibility index (Phi) is 35.0. The molecule has 1 spiro atoms. The third-order valence-corrected chi connectivity index (χ3v) is 40.3. The Morgan fingerprint density at radius 2 is 0.690 bits per heavy atom. The van der Waals surface area contributed by atoms with Crippen molar-refractivity contribution < 1.29 is 47.9 Å². The fourth-order valence-corrected chi connectivity index (χ4v) is 31.7. The van der Waals surface area contributed by atoms with E-state index in [-0.39, 0.29) is 94.2 Å². The maximum atomic E-state index is 13.0. The lowest BCUT2D eigenvalue weighted by atomic mass is 9.68. The highest BCUT2D eigenvalue weighted by Gasteiger charge is 2.55. The van der Waals surface area contributed by atoms with Crippen molar-refractivity contribution in [1.29, 1.82) is 0 Å². The van der Waals surface area contributed by atoms with Crippen molar-refractivity contribution in [1.82, 2.24) is 50.4 Å². The first-order valence-electron chi connectivity index (χ1n) is 58.5. The van der Waals surface area contributed by atoms with Gasteiger partial charge in [0, 0.05) is 119 Å². The number of hydrogen-bond donors (Lipinski definition) is 7. The maximum absolute atomic E-state index is 13.0. The molecule has 5 amide bonds. The number of ketones is 5. The first-order valence-corrected chi connectivity index (χ1v) is 59.0. The summed E-state index contributed by atoms with van der Waals surface area (Å²) >= 11 is 6.50. The number of piperidine rings is 5. The van der Waals surface area contributed by atoms with Crippen molar-refractivity contribution in [3.8, 4) is 22.3 Å². The van der Waals surface area contributed by atoms with Gasteiger partial charge in [0.15, 0.2) is 11.6 Å². The quantitative estimate of drug-likeness (QED) is 0.0216. The molecule has 23 rings (SSSR count). The zero-order valence-electron chi connectivity index (χ0n) is 87.1. The Hall–Kier alpha value is -6.69. The number of fused-ring (bicyclic) bond motifs is 5. The molecule has 23 heteroatoms. The number of carbonyl (C=O) groups excluding carboxylic acids is 10. The normalized spacial score (nSPS) is 30.9. The van der Waals surface area contributed by atoms with Gasteiger partial charge in [0.25, 0.3) is 0 Å². The highest BCUT2D eigenvalue weighted by atomic mass is 35.5. The number of likely N-dealkylation sites (tertiary alicyclic amines) is 5. The van der Waals surface area contributed by atoms with Gasteiger partial charge in [-0.2, -0.15) is 0 Å². The zero-order chi connectivity index (χ0) is 98.1. The highest BCUT2D eigenvalue weighted by Crippen LogP contribution is 2.55. The number of carbonyl (C=O) groups is 10. The van der Waals surface area contributed by atoms with Crippen LogP contribution in [0.25, 0.3) is 22.3 Å². The Bertz CT molecular complexity index is 4830. The van der Waals surface area contributed by atoms with Crippen LogP contribution in [0.4, 0.5) is 11.4 Å². The van der Waals surface area contributed by atoms with Gasteiger partial charge in [-0.1, -0.05) is 155 Å². The highest BCUT2D eigenvalue weighted by molar-refractivity contribution is 6.20. The Morgan fingerprint density at radius 3 is 1.11 bits per heavy atom. The number of nitrogens with zero attached hydrogens (tertiary/aromatic N) is 5. The molecule has 142 heavy (non-hydrogen) atoms. The SMILES string of the molecule is CC(=O)c1cc2cc[nH]cc-2c1NC(=O)CN1CCC(C2CCCC2)CC1.CC1(C)CCCN(CC(=O)NC2C(C(=O)C3CC3)CC3CCCCC32)C1.O=C(CN1CCC(C2CCCC2)CC1)NC1C(C(=O)C2CC2)CC2CCC(Cl)CC21.O=C(CN1CCC(C2CCCCC2)CC1)Nc1c(C(=O)C2CC2)cc2cc[nH]cc1-2.O=C(CN1CCC2(CCCCC2)CC1)NC1C(C(=O)C2CC2)CC2CCCCC21. The van der Waals surface area contributed by atoms with Gasteiger partial charge < -0.3 is 36.6 Å². The summed E-state index contributed by atoms with van der Waals surface area (Å²) in [6.45, 7) is 18.8. The van der Waals surface area contributed by atoms with Crippen molar-refractivity contribution in [2.24, 2.45) is 123 Å². The minimum absolute atomic E-state index is 0.00711. The van der Waals surface area contributed by atoms with E-state index < -0.39 is 0 Å². The van der Waals surface area contributed by atoms with E-state index in [0.29, 0.717) is 131 Å². The third kappa shape index (κ3) is 26.6. The molecule has 19 fully saturated rings. The van der Waals surface area contributed by atoms with Crippen LogP contribution in [0.5, 0.6) is 0 Å². The van der Waals surface area contributed by atoms with Crippen molar-refractivity contribution >= 4 is 81.4 Å². The van der Waals surface area contributed by atoms with E-state index >= 15 is 0 Å². The van der Waals surface area contributed by atoms with Crippen molar-refractivity contribution in [2.45, 2.75) is 365 Å². The molecule has 22 nitrogen and oxygen atoms in total. The molecule has 16 aliphatic carbocycles. The molecule has 0 bridgehead atoms. The molecule has 7 N–H and O–H groups in total. The number of aromatic nitrogens is 2. The molecule has 5 saturated heterocycles. The Labute approximate surface area is 854 Å². The second kappa shape index (κ2) is 47.9. The molecule has 7 heterocycles. The molecule has 7 aliphatic heterocycles. The van der Waals surface area contributed by atoms with Crippen LogP contribution in [0.2, 0.25) is 0 Å². The lowest BCUT2D eigenvalue weighted by molar-refractivity contribution is -0.128. The number of Topliss-reactive ketones (excluding diaryl/α,β-unsaturated/α-hetero) is 5. The minimum Gasteiger partial charge on any atom is -0.367 e. The molecule has 0 aromatic carbocycles. The van der Waals surface area contributed by atoms with Crippen LogP contribution >= 0.6 is 11.6 Å². The molecule has 14 saturated carbocycles. The average molecular weight is 1970 g/mol. The second-order valence-corrected chi connectivity index (χ2v) is 51.0. The molecule has 0 aromatic rings. The molecule has 23 aliphatic rings. The summed E-state index contributed by atoms with van der Waals surface area (Å²) in [6, 6.07) is 7.93. The van der Waals surface area contributed by atoms with E-state index in [1.165, 1.54) is 231 Å². The molecule has 13 unspecified atom stereocenters.